The van der Waals surface area contributed by atoms with E-state index in [1.165, 1.54) is 0 Å². The van der Waals surface area contributed by atoms with Crippen molar-refractivity contribution in [1.82, 2.24) is 0 Å². The minimum Gasteiger partial charge on any atom is -0.461 e. The zero-order valence-electron chi connectivity index (χ0n) is 17.5. The zero-order valence-corrected chi connectivity index (χ0v) is 19.1. The Kier molecular flexibility index (Phi) is 4.51. The van der Waals surface area contributed by atoms with Crippen molar-refractivity contribution in [3.05, 3.63) is 0 Å². The quantitative estimate of drug-likeness (QED) is 0.520. The molecule has 6 unspecified atom stereocenters. The number of aliphatic hydroxyl groups excluding tert-OH is 1. The fourth-order valence-electron chi connectivity index (χ4n) is 6.99. The van der Waals surface area contributed by atoms with Gasteiger partial charge in [0.15, 0.2) is 0 Å². The van der Waals surface area contributed by atoms with Crippen LogP contribution in [0.5, 0.6) is 0 Å². The van der Waals surface area contributed by atoms with Gasteiger partial charge in [0.2, 0.25) is 0 Å². The lowest BCUT2D eigenvalue weighted by Gasteiger charge is -2.53. The van der Waals surface area contributed by atoms with Crippen LogP contribution in [-0.4, -0.2) is 39.8 Å². The Bertz CT molecular complexity index is 614. The Morgan fingerprint density at radius 3 is 2.35 bits per heavy atom. The van der Waals surface area contributed by atoms with Gasteiger partial charge in [-0.15, -0.1) is 0 Å². The largest absolute Gasteiger partial charge is 0.461 e. The summed E-state index contributed by atoms with van der Waals surface area (Å²) in [6.45, 7) is 16.7. The highest BCUT2D eigenvalue weighted by atomic mass is 79.9. The van der Waals surface area contributed by atoms with Gasteiger partial charge in [0.1, 0.15) is 6.10 Å². The van der Waals surface area contributed by atoms with E-state index in [-0.39, 0.29) is 34.2 Å². The van der Waals surface area contributed by atoms with Gasteiger partial charge >= 0.3 is 5.97 Å². The van der Waals surface area contributed by atoms with E-state index in [0.717, 1.165) is 12.8 Å². The Balaban J connectivity index is 2.00. The number of rotatable bonds is 5. The van der Waals surface area contributed by atoms with Crippen LogP contribution in [0.4, 0.5) is 0 Å². The van der Waals surface area contributed by atoms with Gasteiger partial charge in [-0.3, -0.25) is 4.79 Å². The SMILES string of the molecule is CC(O)C(C(C)(C)C)C(C)(CBr)OC1(C)C[C@H]2C[C@]23C(=O)OC(C)C13C. The van der Waals surface area contributed by atoms with Crippen LogP contribution in [0.1, 0.15) is 68.2 Å². The van der Waals surface area contributed by atoms with Crippen LogP contribution in [0, 0.1) is 28.1 Å². The first-order chi connectivity index (χ1) is 11.7. The molecule has 26 heavy (non-hydrogen) atoms. The summed E-state index contributed by atoms with van der Waals surface area (Å²) in [5.74, 6) is 0.262. The summed E-state index contributed by atoms with van der Waals surface area (Å²) in [6, 6.07) is 0. The van der Waals surface area contributed by atoms with Gasteiger partial charge in [0.05, 0.1) is 22.7 Å². The normalized spacial score (nSPS) is 46.2. The predicted molar refractivity (Wildman–Crippen MR) is 105 cm³/mol. The van der Waals surface area contributed by atoms with Crippen molar-refractivity contribution in [2.24, 2.45) is 28.1 Å². The molecule has 0 aromatic rings. The number of cyclic esters (lactones) is 1. The van der Waals surface area contributed by atoms with Gasteiger partial charge in [0.25, 0.3) is 0 Å². The van der Waals surface area contributed by atoms with Gasteiger partial charge in [0, 0.05) is 16.7 Å². The van der Waals surface area contributed by atoms with Gasteiger partial charge < -0.3 is 14.6 Å². The number of ether oxygens (including phenoxy) is 2. The number of alkyl halides is 1. The Morgan fingerprint density at radius 1 is 1.31 bits per heavy atom. The van der Waals surface area contributed by atoms with E-state index < -0.39 is 17.3 Å². The molecule has 1 saturated heterocycles. The third kappa shape index (κ3) is 2.35. The number of hydrogen-bond donors (Lipinski definition) is 1. The molecule has 2 aliphatic carbocycles. The summed E-state index contributed by atoms with van der Waals surface area (Å²) in [6.07, 6.45) is 1.14. The van der Waals surface area contributed by atoms with E-state index in [2.05, 4.69) is 57.5 Å². The highest BCUT2D eigenvalue weighted by Gasteiger charge is 2.86. The van der Waals surface area contributed by atoms with Crippen molar-refractivity contribution in [3.63, 3.8) is 0 Å². The molecule has 1 spiro atoms. The second kappa shape index (κ2) is 5.70. The average molecular weight is 431 g/mol. The third-order valence-electron chi connectivity index (χ3n) is 8.02. The Morgan fingerprint density at radius 2 is 1.88 bits per heavy atom. The summed E-state index contributed by atoms with van der Waals surface area (Å²) >= 11 is 3.67. The van der Waals surface area contributed by atoms with Crippen LogP contribution in [-0.2, 0) is 14.3 Å². The molecule has 0 amide bonds. The van der Waals surface area contributed by atoms with E-state index in [9.17, 15) is 9.90 Å². The second-order valence-corrected chi connectivity index (χ2v) is 11.3. The summed E-state index contributed by atoms with van der Waals surface area (Å²) in [5.41, 5.74) is -1.86. The number of halogens is 1. The molecule has 0 aromatic carbocycles. The molecule has 3 aliphatic rings. The van der Waals surface area contributed by atoms with Crippen LogP contribution in [0.25, 0.3) is 0 Å². The maximum atomic E-state index is 12.6. The molecule has 5 heteroatoms. The van der Waals surface area contributed by atoms with Crippen LogP contribution in [0.2, 0.25) is 0 Å². The first kappa shape index (κ1) is 20.6. The molecule has 0 aromatic heterocycles. The summed E-state index contributed by atoms with van der Waals surface area (Å²) < 4.78 is 12.7. The fourth-order valence-corrected chi connectivity index (χ4v) is 7.45. The number of hydrogen-bond acceptors (Lipinski definition) is 4. The van der Waals surface area contributed by atoms with Gasteiger partial charge in [-0.05, 0) is 51.9 Å². The van der Waals surface area contributed by atoms with Crippen LogP contribution >= 0.6 is 15.9 Å². The molecule has 8 atom stereocenters. The van der Waals surface area contributed by atoms with Crippen molar-refractivity contribution < 1.29 is 19.4 Å². The lowest BCUT2D eigenvalue weighted by molar-refractivity contribution is -0.235. The topological polar surface area (TPSA) is 55.8 Å². The Hall–Kier alpha value is -0.130. The van der Waals surface area contributed by atoms with Crippen molar-refractivity contribution in [2.45, 2.75) is 91.6 Å². The van der Waals surface area contributed by atoms with Crippen LogP contribution in [0.15, 0.2) is 0 Å². The van der Waals surface area contributed by atoms with Gasteiger partial charge in [-0.25, -0.2) is 0 Å². The van der Waals surface area contributed by atoms with Crippen LogP contribution < -0.4 is 0 Å². The summed E-state index contributed by atoms with van der Waals surface area (Å²) in [4.78, 5) is 12.6. The number of carbonyl (C=O) groups is 1. The lowest BCUT2D eigenvalue weighted by atomic mass is 9.64. The molecule has 1 heterocycles. The number of aliphatic hydroxyl groups is 1. The molecule has 3 rings (SSSR count). The molecule has 0 radical (unpaired) electrons. The molecule has 150 valence electrons. The van der Waals surface area contributed by atoms with Gasteiger partial charge in [-0.2, -0.15) is 0 Å². The fraction of sp³-hybridized carbons (Fsp3) is 0.952. The van der Waals surface area contributed by atoms with Crippen molar-refractivity contribution in [1.29, 1.82) is 0 Å². The highest BCUT2D eigenvalue weighted by Crippen LogP contribution is 2.80. The van der Waals surface area contributed by atoms with E-state index in [0.29, 0.717) is 11.2 Å². The smallest absolute Gasteiger partial charge is 0.313 e. The number of carbonyl (C=O) groups excluding carboxylic acids is 1. The van der Waals surface area contributed by atoms with Crippen molar-refractivity contribution in [3.8, 4) is 0 Å². The molecule has 3 fully saturated rings. The molecule has 4 nitrogen and oxygen atoms in total. The molecule has 2 saturated carbocycles. The minimum atomic E-state index is -0.562. The maximum Gasteiger partial charge on any atom is 0.313 e. The van der Waals surface area contributed by atoms with Crippen LogP contribution in [0.3, 0.4) is 0 Å². The monoisotopic (exact) mass is 430 g/mol. The molecular formula is C21H35BrO4. The van der Waals surface area contributed by atoms with E-state index in [1.54, 1.807) is 0 Å². The average Bonchev–Trinajstić information content (AvgIpc) is 3.08. The molecular weight excluding hydrogens is 396 g/mol. The van der Waals surface area contributed by atoms with Crippen molar-refractivity contribution in [2.75, 3.05) is 5.33 Å². The minimum absolute atomic E-state index is 0.0340. The van der Waals surface area contributed by atoms with E-state index >= 15 is 0 Å². The summed E-state index contributed by atoms with van der Waals surface area (Å²) in [5, 5.41) is 11.2. The highest BCUT2D eigenvalue weighted by molar-refractivity contribution is 9.09. The molecule has 1 aliphatic heterocycles. The number of esters is 1. The predicted octanol–water partition coefficient (Wildman–Crippen LogP) is 4.32. The van der Waals surface area contributed by atoms with E-state index in [4.69, 9.17) is 9.47 Å². The van der Waals surface area contributed by atoms with Gasteiger partial charge in [-0.1, -0.05) is 43.6 Å². The maximum absolute atomic E-state index is 12.6. The first-order valence-electron chi connectivity index (χ1n) is 9.85. The standard InChI is InChI=1S/C21H35BrO4/c1-12(23)15(17(3,4)5)18(6,11-22)26-19(7)9-14-10-21(14)16(24)25-13(2)20(19,21)8/h12-15,23H,9-11H2,1-8H3/t12?,13?,14-,15?,18?,19?,20?,21+/m0/s1. The third-order valence-corrected chi connectivity index (χ3v) is 9.14. The lowest BCUT2D eigenvalue weighted by Crippen LogP contribution is -2.60. The van der Waals surface area contributed by atoms with Crippen molar-refractivity contribution >= 4 is 21.9 Å². The molecule has 1 N–H and O–H groups in total. The van der Waals surface area contributed by atoms with E-state index in [1.807, 2.05) is 13.8 Å². The molecule has 0 bridgehead atoms. The summed E-state index contributed by atoms with van der Waals surface area (Å²) in [7, 11) is 0. The Labute approximate surface area is 166 Å². The zero-order chi connectivity index (χ0) is 19.9. The first-order valence-corrected chi connectivity index (χ1v) is 11.0. The second-order valence-electron chi connectivity index (χ2n) is 10.7.